The van der Waals surface area contributed by atoms with Crippen LogP contribution in [0.2, 0.25) is 0 Å². The standard InChI is InChI=1S/C18H23N5O3/c1-3-15(24)23-10-6-7-12(11-23)17(25)20-18-19-16(21-22-18)13-8-4-5-9-14(13)26-2/h4-5,8-9,12H,3,6-7,10-11H2,1-2H3,(H2,19,20,21,22,25). The van der Waals surface area contributed by atoms with Crippen molar-refractivity contribution in [3.63, 3.8) is 0 Å². The van der Waals surface area contributed by atoms with E-state index in [1.54, 1.807) is 12.0 Å². The lowest BCUT2D eigenvalue weighted by Crippen LogP contribution is -2.43. The smallest absolute Gasteiger partial charge is 0.249 e. The zero-order valence-corrected chi connectivity index (χ0v) is 15.0. The Labute approximate surface area is 151 Å². The number of hydrogen-bond donors (Lipinski definition) is 2. The zero-order chi connectivity index (χ0) is 18.5. The molecule has 0 saturated carbocycles. The number of anilines is 1. The number of aromatic nitrogens is 3. The molecule has 2 N–H and O–H groups in total. The van der Waals surface area contributed by atoms with Crippen molar-refractivity contribution in [3.05, 3.63) is 24.3 Å². The minimum absolute atomic E-state index is 0.0823. The second-order valence-electron chi connectivity index (χ2n) is 6.23. The van der Waals surface area contributed by atoms with Crippen LogP contribution in [0, 0.1) is 5.92 Å². The first kappa shape index (κ1) is 17.9. The molecule has 26 heavy (non-hydrogen) atoms. The van der Waals surface area contributed by atoms with Crippen molar-refractivity contribution in [2.45, 2.75) is 26.2 Å². The average Bonchev–Trinajstić information content (AvgIpc) is 3.15. The lowest BCUT2D eigenvalue weighted by atomic mass is 9.97. The minimum Gasteiger partial charge on any atom is -0.496 e. The normalized spacial score (nSPS) is 17.0. The Bertz CT molecular complexity index is 789. The van der Waals surface area contributed by atoms with Crippen LogP contribution in [0.1, 0.15) is 26.2 Å². The Hall–Kier alpha value is -2.90. The number of benzene rings is 1. The van der Waals surface area contributed by atoms with E-state index in [1.165, 1.54) is 0 Å². The van der Waals surface area contributed by atoms with Gasteiger partial charge in [-0.25, -0.2) is 0 Å². The van der Waals surface area contributed by atoms with Crippen molar-refractivity contribution < 1.29 is 14.3 Å². The van der Waals surface area contributed by atoms with Crippen molar-refractivity contribution in [2.75, 3.05) is 25.5 Å². The predicted octanol–water partition coefficient (Wildman–Crippen LogP) is 2.07. The Morgan fingerprint density at radius 1 is 1.38 bits per heavy atom. The Morgan fingerprint density at radius 3 is 2.96 bits per heavy atom. The summed E-state index contributed by atoms with van der Waals surface area (Å²) in [7, 11) is 1.59. The number of ether oxygens (including phenoxy) is 1. The number of rotatable bonds is 5. The number of likely N-dealkylation sites (tertiary alicyclic amines) is 1. The number of para-hydroxylation sites is 1. The molecule has 1 aromatic carbocycles. The number of carbonyl (C=O) groups is 2. The molecule has 1 aliphatic rings. The van der Waals surface area contributed by atoms with Crippen LogP contribution in [0.15, 0.2) is 24.3 Å². The van der Waals surface area contributed by atoms with Gasteiger partial charge in [0.2, 0.25) is 17.8 Å². The minimum atomic E-state index is -0.243. The number of nitrogens with one attached hydrogen (secondary N) is 2. The van der Waals surface area contributed by atoms with Gasteiger partial charge in [-0.1, -0.05) is 19.1 Å². The van der Waals surface area contributed by atoms with E-state index in [-0.39, 0.29) is 23.7 Å². The van der Waals surface area contributed by atoms with Crippen LogP contribution in [0.3, 0.4) is 0 Å². The number of amides is 2. The quantitative estimate of drug-likeness (QED) is 0.853. The van der Waals surface area contributed by atoms with Gasteiger partial charge in [-0.3, -0.25) is 20.0 Å². The molecule has 1 fully saturated rings. The fourth-order valence-electron chi connectivity index (χ4n) is 3.13. The first-order valence-corrected chi connectivity index (χ1v) is 8.76. The molecule has 1 aliphatic heterocycles. The molecule has 0 spiro atoms. The molecule has 138 valence electrons. The summed E-state index contributed by atoms with van der Waals surface area (Å²) in [5.41, 5.74) is 0.764. The summed E-state index contributed by atoms with van der Waals surface area (Å²) in [6.07, 6.45) is 2.03. The maximum Gasteiger partial charge on any atom is 0.249 e. The third-order valence-electron chi connectivity index (χ3n) is 4.53. The highest BCUT2D eigenvalue weighted by molar-refractivity contribution is 5.91. The van der Waals surface area contributed by atoms with Crippen molar-refractivity contribution >= 4 is 17.8 Å². The molecule has 1 atom stereocenters. The van der Waals surface area contributed by atoms with Gasteiger partial charge in [0, 0.05) is 19.5 Å². The summed E-state index contributed by atoms with van der Waals surface area (Å²) >= 11 is 0. The molecule has 2 amide bonds. The molecule has 2 aromatic rings. The van der Waals surface area contributed by atoms with E-state index in [1.807, 2.05) is 31.2 Å². The molecule has 0 bridgehead atoms. The number of methoxy groups -OCH3 is 1. The summed E-state index contributed by atoms with van der Waals surface area (Å²) in [5, 5.41) is 9.64. The second kappa shape index (κ2) is 7.99. The van der Waals surface area contributed by atoms with E-state index in [9.17, 15) is 9.59 Å². The first-order valence-electron chi connectivity index (χ1n) is 8.76. The Kier molecular flexibility index (Phi) is 5.50. The van der Waals surface area contributed by atoms with Crippen LogP contribution in [0.25, 0.3) is 11.4 Å². The maximum atomic E-state index is 12.5. The molecule has 3 rings (SSSR count). The zero-order valence-electron chi connectivity index (χ0n) is 15.0. The van der Waals surface area contributed by atoms with Gasteiger partial charge >= 0.3 is 0 Å². The van der Waals surface area contributed by atoms with Crippen molar-refractivity contribution in [1.82, 2.24) is 20.1 Å². The van der Waals surface area contributed by atoms with E-state index in [4.69, 9.17) is 4.74 Å². The summed E-state index contributed by atoms with van der Waals surface area (Å²) in [4.78, 5) is 30.5. The SMILES string of the molecule is CCC(=O)N1CCCC(C(=O)Nc2n[nH]c(-c3ccccc3OC)n2)C1. The lowest BCUT2D eigenvalue weighted by molar-refractivity contribution is -0.134. The molecule has 1 unspecified atom stereocenters. The third-order valence-corrected chi connectivity index (χ3v) is 4.53. The highest BCUT2D eigenvalue weighted by atomic mass is 16.5. The van der Waals surface area contributed by atoms with Gasteiger partial charge in [0.05, 0.1) is 18.6 Å². The number of aromatic amines is 1. The van der Waals surface area contributed by atoms with Crippen molar-refractivity contribution in [2.24, 2.45) is 5.92 Å². The van der Waals surface area contributed by atoms with Crippen LogP contribution in [-0.2, 0) is 9.59 Å². The van der Waals surface area contributed by atoms with E-state index >= 15 is 0 Å². The fourth-order valence-corrected chi connectivity index (χ4v) is 3.13. The van der Waals surface area contributed by atoms with Crippen LogP contribution in [0.4, 0.5) is 5.95 Å². The summed E-state index contributed by atoms with van der Waals surface area (Å²) < 4.78 is 5.32. The van der Waals surface area contributed by atoms with Crippen LogP contribution in [0.5, 0.6) is 5.75 Å². The van der Waals surface area contributed by atoms with Gasteiger partial charge in [-0.05, 0) is 25.0 Å². The predicted molar refractivity (Wildman–Crippen MR) is 96.6 cm³/mol. The maximum absolute atomic E-state index is 12.5. The summed E-state index contributed by atoms with van der Waals surface area (Å²) in [6, 6.07) is 7.44. The summed E-state index contributed by atoms with van der Waals surface area (Å²) in [6.45, 7) is 3.00. The molecule has 0 radical (unpaired) electrons. The Morgan fingerprint density at radius 2 is 2.19 bits per heavy atom. The van der Waals surface area contributed by atoms with Gasteiger partial charge in [0.15, 0.2) is 5.82 Å². The Balaban J connectivity index is 1.67. The van der Waals surface area contributed by atoms with Gasteiger partial charge < -0.3 is 9.64 Å². The van der Waals surface area contributed by atoms with Crippen LogP contribution < -0.4 is 10.1 Å². The average molecular weight is 357 g/mol. The highest BCUT2D eigenvalue weighted by Crippen LogP contribution is 2.27. The third kappa shape index (κ3) is 3.84. The number of H-pyrrole nitrogens is 1. The number of nitrogens with zero attached hydrogens (tertiary/aromatic N) is 3. The van der Waals surface area contributed by atoms with E-state index in [0.29, 0.717) is 24.5 Å². The van der Waals surface area contributed by atoms with Crippen molar-refractivity contribution in [3.8, 4) is 17.1 Å². The van der Waals surface area contributed by atoms with Crippen LogP contribution >= 0.6 is 0 Å². The van der Waals surface area contributed by atoms with Gasteiger partial charge in [-0.2, -0.15) is 4.98 Å². The molecular weight excluding hydrogens is 334 g/mol. The number of carbonyl (C=O) groups excluding carboxylic acids is 2. The fraction of sp³-hybridized carbons (Fsp3) is 0.444. The molecule has 8 nitrogen and oxygen atoms in total. The molecule has 1 saturated heterocycles. The molecule has 0 aliphatic carbocycles. The van der Waals surface area contributed by atoms with Gasteiger partial charge in [-0.15, -0.1) is 5.10 Å². The molecule has 1 aromatic heterocycles. The second-order valence-corrected chi connectivity index (χ2v) is 6.23. The number of piperidine rings is 1. The topological polar surface area (TPSA) is 100 Å². The molecule has 8 heteroatoms. The monoisotopic (exact) mass is 357 g/mol. The molecular formula is C18H23N5O3. The molecule has 2 heterocycles. The summed E-state index contributed by atoms with van der Waals surface area (Å²) in [5.74, 6) is 1.08. The number of hydrogen-bond acceptors (Lipinski definition) is 5. The van der Waals surface area contributed by atoms with Crippen LogP contribution in [-0.4, -0.2) is 52.1 Å². The highest BCUT2D eigenvalue weighted by Gasteiger charge is 2.28. The lowest BCUT2D eigenvalue weighted by Gasteiger charge is -2.31. The van der Waals surface area contributed by atoms with Gasteiger partial charge in [0.25, 0.3) is 0 Å². The largest absolute Gasteiger partial charge is 0.496 e. The van der Waals surface area contributed by atoms with E-state index in [0.717, 1.165) is 24.9 Å². The first-order chi connectivity index (χ1) is 12.6. The van der Waals surface area contributed by atoms with E-state index < -0.39 is 0 Å². The van der Waals surface area contributed by atoms with E-state index in [2.05, 4.69) is 20.5 Å². The van der Waals surface area contributed by atoms with Crippen molar-refractivity contribution in [1.29, 1.82) is 0 Å². The van der Waals surface area contributed by atoms with Gasteiger partial charge in [0.1, 0.15) is 5.75 Å².